The summed E-state index contributed by atoms with van der Waals surface area (Å²) in [6.45, 7) is -0.478. The molecule has 8 heteroatoms. The molecule has 3 amide bonds. The molecule has 0 bridgehead atoms. The number of hydrogen-bond donors (Lipinski definition) is 0. The van der Waals surface area contributed by atoms with Gasteiger partial charge in [-0.05, 0) is 37.1 Å². The third-order valence-electron chi connectivity index (χ3n) is 6.08. The number of halogens is 1. The minimum absolute atomic E-state index is 0.114. The molecule has 0 aromatic heterocycles. The van der Waals surface area contributed by atoms with Gasteiger partial charge in [-0.3, -0.25) is 19.2 Å². The fraction of sp³-hybridized carbons (Fsp3) is 0.333. The highest BCUT2D eigenvalue weighted by Crippen LogP contribution is 2.39. The van der Waals surface area contributed by atoms with Gasteiger partial charge in [0.25, 0.3) is 17.7 Å². The molecular formula is C24H23ClN2O5. The molecule has 0 spiro atoms. The van der Waals surface area contributed by atoms with Crippen molar-refractivity contribution in [3.63, 3.8) is 0 Å². The summed E-state index contributed by atoms with van der Waals surface area (Å²) in [5, 5.41) is 2.00. The van der Waals surface area contributed by atoms with E-state index >= 15 is 0 Å². The van der Waals surface area contributed by atoms with Gasteiger partial charge in [-0.2, -0.15) is 5.01 Å². The Balaban J connectivity index is 1.71. The summed E-state index contributed by atoms with van der Waals surface area (Å²) in [5.41, 5.74) is 0.418. The first-order valence-corrected chi connectivity index (χ1v) is 10.9. The molecule has 1 saturated carbocycles. The number of hydrogen-bond acceptors (Lipinski definition) is 5. The monoisotopic (exact) mass is 454 g/mol. The van der Waals surface area contributed by atoms with Crippen LogP contribution >= 0.6 is 11.6 Å². The van der Waals surface area contributed by atoms with Gasteiger partial charge in [0.2, 0.25) is 0 Å². The maximum absolute atomic E-state index is 13.5. The summed E-state index contributed by atoms with van der Waals surface area (Å²) in [4.78, 5) is 52.9. The van der Waals surface area contributed by atoms with Crippen LogP contribution in [0.5, 0.6) is 5.75 Å². The molecule has 4 rings (SSSR count). The molecule has 166 valence electrons. The summed E-state index contributed by atoms with van der Waals surface area (Å²) in [6.07, 6.45) is 2.91. The fourth-order valence-electron chi connectivity index (χ4n) is 4.41. The molecule has 1 aliphatic carbocycles. The zero-order valence-corrected chi connectivity index (χ0v) is 18.4. The standard InChI is InChI=1S/C24H23ClN2O5/c1-32-16-8-6-7-15(13-16)21(28)14-26(22(29)19-11-4-5-12-20(19)25)27-23(30)17-9-2-3-10-18(17)24(27)31/h4-8,11-13,17-18H,2-3,9-10,14H2,1H3/t17-,18-/m1/s1. The minimum atomic E-state index is -0.674. The van der Waals surface area contributed by atoms with Crippen LogP contribution in [-0.2, 0) is 9.59 Å². The SMILES string of the molecule is COc1cccc(C(=O)CN(C(=O)c2ccccc2Cl)N2C(=O)[C@@H]3CCCC[C@H]3C2=O)c1. The third kappa shape index (κ3) is 4.00. The van der Waals surface area contributed by atoms with Gasteiger partial charge in [-0.1, -0.05) is 48.7 Å². The van der Waals surface area contributed by atoms with Gasteiger partial charge in [0.1, 0.15) is 12.3 Å². The minimum Gasteiger partial charge on any atom is -0.497 e. The number of rotatable bonds is 6. The van der Waals surface area contributed by atoms with Crippen LogP contribution in [0.4, 0.5) is 0 Å². The van der Waals surface area contributed by atoms with E-state index in [0.717, 1.165) is 22.9 Å². The number of methoxy groups -OCH3 is 1. The Labute approximate surface area is 190 Å². The Kier molecular flexibility index (Phi) is 6.28. The number of benzene rings is 2. The van der Waals surface area contributed by atoms with Crippen molar-refractivity contribution in [2.75, 3.05) is 13.7 Å². The molecular weight excluding hydrogens is 432 g/mol. The van der Waals surface area contributed by atoms with Gasteiger partial charge in [-0.25, -0.2) is 5.01 Å². The zero-order chi connectivity index (χ0) is 22.8. The van der Waals surface area contributed by atoms with Crippen LogP contribution in [0.15, 0.2) is 48.5 Å². The summed E-state index contributed by atoms with van der Waals surface area (Å²) >= 11 is 6.22. The Morgan fingerprint density at radius 2 is 1.69 bits per heavy atom. The number of amides is 3. The van der Waals surface area contributed by atoms with E-state index in [0.29, 0.717) is 24.2 Å². The predicted molar refractivity (Wildman–Crippen MR) is 117 cm³/mol. The van der Waals surface area contributed by atoms with Gasteiger partial charge in [0.15, 0.2) is 5.78 Å². The Morgan fingerprint density at radius 3 is 2.31 bits per heavy atom. The van der Waals surface area contributed by atoms with Crippen molar-refractivity contribution in [1.82, 2.24) is 10.0 Å². The Bertz CT molecular complexity index is 1060. The van der Waals surface area contributed by atoms with Crippen molar-refractivity contribution in [1.29, 1.82) is 0 Å². The Hall–Kier alpha value is -3.19. The average Bonchev–Trinajstić information content (AvgIpc) is 3.07. The molecule has 2 aromatic rings. The van der Waals surface area contributed by atoms with Crippen LogP contribution < -0.4 is 4.74 Å². The number of ether oxygens (including phenoxy) is 1. The molecule has 0 radical (unpaired) electrons. The summed E-state index contributed by atoms with van der Waals surface area (Å²) in [6, 6.07) is 12.9. The van der Waals surface area contributed by atoms with Crippen molar-refractivity contribution in [3.8, 4) is 5.75 Å². The van der Waals surface area contributed by atoms with Crippen LogP contribution in [0.25, 0.3) is 0 Å². The van der Waals surface area contributed by atoms with E-state index < -0.39 is 41.9 Å². The highest BCUT2D eigenvalue weighted by atomic mass is 35.5. The quantitative estimate of drug-likeness (QED) is 0.490. The average molecular weight is 455 g/mol. The topological polar surface area (TPSA) is 84.0 Å². The molecule has 1 saturated heterocycles. The largest absolute Gasteiger partial charge is 0.497 e. The second-order valence-electron chi connectivity index (χ2n) is 7.98. The summed E-state index contributed by atoms with van der Waals surface area (Å²) in [5.74, 6) is -2.39. The molecule has 2 aromatic carbocycles. The van der Waals surface area contributed by atoms with E-state index in [9.17, 15) is 19.2 Å². The van der Waals surface area contributed by atoms with Crippen LogP contribution in [0.1, 0.15) is 46.4 Å². The molecule has 1 heterocycles. The van der Waals surface area contributed by atoms with Gasteiger partial charge < -0.3 is 4.74 Å². The molecule has 1 aliphatic heterocycles. The van der Waals surface area contributed by atoms with Crippen molar-refractivity contribution in [2.45, 2.75) is 25.7 Å². The first-order valence-electron chi connectivity index (χ1n) is 10.5. The number of hydrazine groups is 1. The van der Waals surface area contributed by atoms with E-state index in [2.05, 4.69) is 0 Å². The number of carbonyl (C=O) groups is 4. The van der Waals surface area contributed by atoms with Crippen molar-refractivity contribution in [2.24, 2.45) is 11.8 Å². The van der Waals surface area contributed by atoms with Gasteiger partial charge >= 0.3 is 0 Å². The number of ketones is 1. The molecule has 0 unspecified atom stereocenters. The smallest absolute Gasteiger partial charge is 0.274 e. The molecule has 7 nitrogen and oxygen atoms in total. The highest BCUT2D eigenvalue weighted by molar-refractivity contribution is 6.34. The van der Waals surface area contributed by atoms with E-state index in [1.165, 1.54) is 13.2 Å². The number of Topliss-reactive ketones (excluding diaryl/α,β-unsaturated/α-hetero) is 1. The van der Waals surface area contributed by atoms with Gasteiger partial charge in [-0.15, -0.1) is 0 Å². The lowest BCUT2D eigenvalue weighted by atomic mass is 9.81. The molecule has 2 atom stereocenters. The van der Waals surface area contributed by atoms with Crippen molar-refractivity contribution in [3.05, 3.63) is 64.7 Å². The Morgan fingerprint density at radius 1 is 1.03 bits per heavy atom. The normalized spacial score (nSPS) is 20.1. The summed E-state index contributed by atoms with van der Waals surface area (Å²) in [7, 11) is 1.49. The lowest BCUT2D eigenvalue weighted by Crippen LogP contribution is -2.52. The second kappa shape index (κ2) is 9.12. The van der Waals surface area contributed by atoms with E-state index in [1.54, 1.807) is 42.5 Å². The van der Waals surface area contributed by atoms with Gasteiger partial charge in [0.05, 0.1) is 29.5 Å². The third-order valence-corrected chi connectivity index (χ3v) is 6.41. The fourth-order valence-corrected chi connectivity index (χ4v) is 4.63. The van der Waals surface area contributed by atoms with Crippen LogP contribution in [0.2, 0.25) is 5.02 Å². The lowest BCUT2D eigenvalue weighted by Gasteiger charge is -2.30. The highest BCUT2D eigenvalue weighted by Gasteiger charge is 2.51. The number of fused-ring (bicyclic) bond motifs is 1. The maximum Gasteiger partial charge on any atom is 0.274 e. The van der Waals surface area contributed by atoms with Crippen molar-refractivity contribution >= 4 is 35.1 Å². The summed E-state index contributed by atoms with van der Waals surface area (Å²) < 4.78 is 5.17. The van der Waals surface area contributed by atoms with Crippen molar-refractivity contribution < 1.29 is 23.9 Å². The molecule has 2 fully saturated rings. The van der Waals surface area contributed by atoms with Gasteiger partial charge in [0, 0.05) is 5.56 Å². The predicted octanol–water partition coefficient (Wildman–Crippen LogP) is 3.76. The van der Waals surface area contributed by atoms with Crippen LogP contribution in [-0.4, -0.2) is 47.2 Å². The molecule has 0 N–H and O–H groups in total. The molecule has 32 heavy (non-hydrogen) atoms. The van der Waals surface area contributed by atoms with E-state index in [4.69, 9.17) is 16.3 Å². The van der Waals surface area contributed by atoms with Crippen LogP contribution in [0, 0.1) is 11.8 Å². The maximum atomic E-state index is 13.5. The number of imide groups is 1. The second-order valence-corrected chi connectivity index (χ2v) is 8.39. The zero-order valence-electron chi connectivity index (χ0n) is 17.6. The van der Waals surface area contributed by atoms with Crippen LogP contribution in [0.3, 0.4) is 0 Å². The van der Waals surface area contributed by atoms with E-state index in [-0.39, 0.29) is 10.6 Å². The number of nitrogens with zero attached hydrogens (tertiary/aromatic N) is 2. The van der Waals surface area contributed by atoms with E-state index in [1.807, 2.05) is 0 Å². The first-order chi connectivity index (χ1) is 15.4. The molecule has 2 aliphatic rings. The lowest BCUT2D eigenvalue weighted by molar-refractivity contribution is -0.154. The number of carbonyl (C=O) groups excluding carboxylic acids is 4. The first kappa shape index (κ1) is 22.0.